The van der Waals surface area contributed by atoms with Gasteiger partial charge in [-0.05, 0) is 42.0 Å². The highest BCUT2D eigenvalue weighted by atomic mass is 32.2. The Balaban J connectivity index is 1.87. The molecule has 1 aliphatic heterocycles. The molecule has 0 aliphatic carbocycles. The molecule has 12 heteroatoms. The third-order valence-corrected chi connectivity index (χ3v) is 5.14. The molecule has 0 unspecified atom stereocenters. The van der Waals surface area contributed by atoms with Gasteiger partial charge in [-0.25, -0.2) is 0 Å². The van der Waals surface area contributed by atoms with Gasteiger partial charge in [-0.3, -0.25) is 34.7 Å². The summed E-state index contributed by atoms with van der Waals surface area (Å²) in [5, 5.41) is 31.4. The van der Waals surface area contributed by atoms with E-state index >= 15 is 0 Å². The number of rotatable bonds is 7. The second-order valence-electron chi connectivity index (χ2n) is 6.27. The SMILES string of the molecule is CCOc1cc(/C=C2/SC(=O)N(Cc3ccc([N+](=O)[O-])cc3)C2=O)cc([N+](=O)[O-])c1O. The number of carbonyl (C=O) groups is 2. The largest absolute Gasteiger partial charge is 0.500 e. The number of phenols is 1. The molecule has 1 N–H and O–H groups in total. The summed E-state index contributed by atoms with van der Waals surface area (Å²) in [6.07, 6.45) is 1.30. The third-order valence-electron chi connectivity index (χ3n) is 4.23. The first kappa shape index (κ1) is 21.8. The number of nitro benzene ring substituents is 2. The van der Waals surface area contributed by atoms with E-state index in [0.717, 1.165) is 11.0 Å². The van der Waals surface area contributed by atoms with Gasteiger partial charge in [0.25, 0.3) is 16.8 Å². The van der Waals surface area contributed by atoms with Crippen molar-refractivity contribution in [2.45, 2.75) is 13.5 Å². The number of hydrogen-bond acceptors (Lipinski definition) is 9. The molecule has 0 bridgehead atoms. The molecule has 1 heterocycles. The fraction of sp³-hybridized carbons (Fsp3) is 0.158. The molecule has 31 heavy (non-hydrogen) atoms. The monoisotopic (exact) mass is 445 g/mol. The predicted octanol–water partition coefficient (Wildman–Crippen LogP) is 3.84. The van der Waals surface area contributed by atoms with E-state index in [4.69, 9.17) is 4.74 Å². The van der Waals surface area contributed by atoms with Crippen molar-refractivity contribution in [1.82, 2.24) is 4.90 Å². The minimum atomic E-state index is -0.782. The van der Waals surface area contributed by atoms with Crippen molar-refractivity contribution in [2.75, 3.05) is 6.61 Å². The Hall–Kier alpha value is -3.93. The molecule has 11 nitrogen and oxygen atoms in total. The van der Waals surface area contributed by atoms with Crippen LogP contribution in [0.5, 0.6) is 11.5 Å². The Morgan fingerprint density at radius 3 is 2.39 bits per heavy atom. The number of nitro groups is 2. The zero-order chi connectivity index (χ0) is 22.7. The maximum absolute atomic E-state index is 12.7. The normalized spacial score (nSPS) is 14.9. The summed E-state index contributed by atoms with van der Waals surface area (Å²) in [4.78, 5) is 46.6. The first-order chi connectivity index (χ1) is 14.7. The van der Waals surface area contributed by atoms with Gasteiger partial charge < -0.3 is 9.84 Å². The lowest BCUT2D eigenvalue weighted by Crippen LogP contribution is -2.27. The zero-order valence-electron chi connectivity index (χ0n) is 16.0. The van der Waals surface area contributed by atoms with Crippen LogP contribution in [0.2, 0.25) is 0 Å². The Kier molecular flexibility index (Phi) is 6.20. The summed E-state index contributed by atoms with van der Waals surface area (Å²) in [6, 6.07) is 7.84. The molecule has 3 rings (SSSR count). The number of non-ortho nitro benzene ring substituents is 1. The average Bonchev–Trinajstić information content (AvgIpc) is 2.98. The molecule has 0 atom stereocenters. The second-order valence-corrected chi connectivity index (χ2v) is 7.26. The van der Waals surface area contributed by atoms with Crippen molar-refractivity contribution in [3.8, 4) is 11.5 Å². The molecule has 1 fully saturated rings. The molecule has 1 aliphatic rings. The van der Waals surface area contributed by atoms with E-state index in [2.05, 4.69) is 0 Å². The molecule has 160 valence electrons. The van der Waals surface area contributed by atoms with Gasteiger partial charge in [0.2, 0.25) is 5.75 Å². The minimum Gasteiger partial charge on any atom is -0.500 e. The van der Waals surface area contributed by atoms with Crippen molar-refractivity contribution in [2.24, 2.45) is 0 Å². The first-order valence-corrected chi connectivity index (χ1v) is 9.65. The summed E-state index contributed by atoms with van der Waals surface area (Å²) < 4.78 is 5.21. The quantitative estimate of drug-likeness (QED) is 0.380. The van der Waals surface area contributed by atoms with Gasteiger partial charge in [0.1, 0.15) is 0 Å². The lowest BCUT2D eigenvalue weighted by Gasteiger charge is -2.12. The molecular weight excluding hydrogens is 430 g/mol. The number of nitrogens with zero attached hydrogens (tertiary/aromatic N) is 3. The molecule has 2 aromatic carbocycles. The molecule has 0 aromatic heterocycles. The van der Waals surface area contributed by atoms with Gasteiger partial charge in [-0.15, -0.1) is 0 Å². The summed E-state index contributed by atoms with van der Waals surface area (Å²) in [7, 11) is 0. The van der Waals surface area contributed by atoms with E-state index < -0.39 is 32.4 Å². The topological polar surface area (TPSA) is 153 Å². The van der Waals surface area contributed by atoms with E-state index in [-0.39, 0.29) is 35.1 Å². The van der Waals surface area contributed by atoms with Crippen LogP contribution in [-0.4, -0.2) is 37.6 Å². The number of phenolic OH excluding ortho intramolecular Hbond substituents is 1. The van der Waals surface area contributed by atoms with Crippen LogP contribution in [-0.2, 0) is 11.3 Å². The summed E-state index contributed by atoms with van der Waals surface area (Å²) >= 11 is 0.659. The van der Waals surface area contributed by atoms with Crippen LogP contribution in [0.4, 0.5) is 16.2 Å². The van der Waals surface area contributed by atoms with Crippen molar-refractivity contribution >= 4 is 40.4 Å². The minimum absolute atomic E-state index is 0.0364. The van der Waals surface area contributed by atoms with Gasteiger partial charge in [0, 0.05) is 18.2 Å². The molecule has 0 saturated carbocycles. The van der Waals surface area contributed by atoms with Gasteiger partial charge in [0.15, 0.2) is 5.75 Å². The number of benzene rings is 2. The average molecular weight is 445 g/mol. The fourth-order valence-corrected chi connectivity index (χ4v) is 3.63. The van der Waals surface area contributed by atoms with Gasteiger partial charge >= 0.3 is 5.69 Å². The van der Waals surface area contributed by atoms with Crippen LogP contribution in [0.25, 0.3) is 6.08 Å². The van der Waals surface area contributed by atoms with E-state index in [1.54, 1.807) is 6.92 Å². The highest BCUT2D eigenvalue weighted by molar-refractivity contribution is 8.18. The van der Waals surface area contributed by atoms with E-state index in [0.29, 0.717) is 17.3 Å². The Morgan fingerprint density at radius 1 is 1.13 bits per heavy atom. The summed E-state index contributed by atoms with van der Waals surface area (Å²) in [6.45, 7) is 1.71. The van der Waals surface area contributed by atoms with E-state index in [9.17, 15) is 34.9 Å². The number of carbonyl (C=O) groups excluding carboxylic acids is 2. The second kappa shape index (κ2) is 8.83. The van der Waals surface area contributed by atoms with E-state index in [1.807, 2.05) is 0 Å². The van der Waals surface area contributed by atoms with Crippen molar-refractivity contribution in [3.05, 3.63) is 72.7 Å². The molecule has 0 radical (unpaired) electrons. The van der Waals surface area contributed by atoms with Gasteiger partial charge in [-0.1, -0.05) is 12.1 Å². The summed E-state index contributed by atoms with van der Waals surface area (Å²) in [5.74, 6) is -1.36. The highest BCUT2D eigenvalue weighted by Crippen LogP contribution is 2.39. The van der Waals surface area contributed by atoms with Crippen LogP contribution >= 0.6 is 11.8 Å². The lowest BCUT2D eigenvalue weighted by molar-refractivity contribution is -0.386. The number of amides is 2. The Bertz CT molecular complexity index is 1110. The van der Waals surface area contributed by atoms with Crippen molar-refractivity contribution in [3.63, 3.8) is 0 Å². The third kappa shape index (κ3) is 4.64. The lowest BCUT2D eigenvalue weighted by atomic mass is 10.1. The molecule has 1 saturated heterocycles. The van der Waals surface area contributed by atoms with Gasteiger partial charge in [-0.2, -0.15) is 0 Å². The van der Waals surface area contributed by atoms with Crippen LogP contribution in [0.15, 0.2) is 41.3 Å². The Morgan fingerprint density at radius 2 is 1.81 bits per heavy atom. The number of thioether (sulfide) groups is 1. The smallest absolute Gasteiger partial charge is 0.315 e. The van der Waals surface area contributed by atoms with Crippen LogP contribution < -0.4 is 4.74 Å². The Labute approximate surface area is 179 Å². The first-order valence-electron chi connectivity index (χ1n) is 8.84. The predicted molar refractivity (Wildman–Crippen MR) is 111 cm³/mol. The van der Waals surface area contributed by atoms with Crippen LogP contribution in [0.3, 0.4) is 0 Å². The fourth-order valence-electron chi connectivity index (χ4n) is 2.80. The molecule has 0 spiro atoms. The van der Waals surface area contributed by atoms with Crippen LogP contribution in [0, 0.1) is 20.2 Å². The maximum atomic E-state index is 12.7. The summed E-state index contributed by atoms with van der Waals surface area (Å²) in [5.41, 5.74) is 0.0148. The number of hydrogen-bond donors (Lipinski definition) is 1. The van der Waals surface area contributed by atoms with Crippen molar-refractivity contribution in [1.29, 1.82) is 0 Å². The van der Waals surface area contributed by atoms with Gasteiger partial charge in [0.05, 0.1) is 27.9 Å². The molecule has 2 aromatic rings. The van der Waals surface area contributed by atoms with Crippen molar-refractivity contribution < 1.29 is 29.3 Å². The number of ether oxygens (including phenoxy) is 1. The maximum Gasteiger partial charge on any atom is 0.315 e. The molecular formula is C19H15N3O8S. The molecule has 2 amide bonds. The van der Waals surface area contributed by atoms with E-state index in [1.165, 1.54) is 36.4 Å². The van der Waals surface area contributed by atoms with Crippen LogP contribution in [0.1, 0.15) is 18.1 Å². The number of aromatic hydroxyl groups is 1. The number of imide groups is 1. The zero-order valence-corrected chi connectivity index (χ0v) is 16.8. The standard InChI is InChI=1S/C19H15N3O8S/c1-2-30-15-8-12(7-14(17(15)23)22(28)29)9-16-18(24)20(19(25)31-16)10-11-3-5-13(6-4-11)21(26)27/h3-9,23H,2,10H2,1H3/b16-9+. The highest BCUT2D eigenvalue weighted by Gasteiger charge is 2.35.